The predicted octanol–water partition coefficient (Wildman–Crippen LogP) is 5.53. The molecule has 3 amide bonds. The summed E-state index contributed by atoms with van der Waals surface area (Å²) >= 11 is 7.56. The Kier molecular flexibility index (Phi) is 12.8. The first-order valence-electron chi connectivity index (χ1n) is 17.5. The summed E-state index contributed by atoms with van der Waals surface area (Å²) in [6.07, 6.45) is 2.35. The molecule has 0 radical (unpaired) electrons. The number of aliphatic hydroxyl groups is 1. The molecule has 1 saturated heterocycles. The number of carbonyl (C=O) groups excluding carboxylic acids is 2. The van der Waals surface area contributed by atoms with Gasteiger partial charge in [0.15, 0.2) is 0 Å². The molecule has 12 nitrogen and oxygen atoms in total. The van der Waals surface area contributed by atoms with E-state index in [1.54, 1.807) is 22.2 Å². The monoisotopic (exact) mass is 781 g/mol. The highest BCUT2D eigenvalue weighted by Crippen LogP contribution is 2.31. The highest BCUT2D eigenvalue weighted by Gasteiger charge is 2.44. The van der Waals surface area contributed by atoms with E-state index >= 15 is 0 Å². The number of hydrogen-bond acceptors (Lipinski definition) is 9. The van der Waals surface area contributed by atoms with Crippen LogP contribution in [0, 0.1) is 11.3 Å². The zero-order valence-corrected chi connectivity index (χ0v) is 33.0. The number of pyridine rings is 1. The zero-order chi connectivity index (χ0) is 38.5. The van der Waals surface area contributed by atoms with Gasteiger partial charge in [-0.2, -0.15) is 4.31 Å². The van der Waals surface area contributed by atoms with E-state index in [1.807, 2.05) is 82.5 Å². The average Bonchev–Trinajstić information content (AvgIpc) is 3.72. The van der Waals surface area contributed by atoms with E-state index in [1.165, 1.54) is 33.8 Å². The van der Waals surface area contributed by atoms with Gasteiger partial charge in [-0.1, -0.05) is 76.6 Å². The molecule has 0 saturated carbocycles. The number of nitrogen functional groups attached to an aromatic ring is 1. The van der Waals surface area contributed by atoms with Gasteiger partial charge in [0, 0.05) is 49.5 Å². The largest absolute Gasteiger partial charge is 0.397 e. The number of nitrogens with one attached hydrogen (secondary N) is 1. The van der Waals surface area contributed by atoms with Crippen molar-refractivity contribution >= 4 is 50.6 Å². The van der Waals surface area contributed by atoms with E-state index in [0.29, 0.717) is 19.6 Å². The van der Waals surface area contributed by atoms with Gasteiger partial charge in [0.25, 0.3) is 0 Å². The summed E-state index contributed by atoms with van der Waals surface area (Å²) in [5.41, 5.74) is 7.87. The standard InChI is InChI=1S/C38H48ClN7O5S2/c1-25(2)21-45(53(50,51)29-13-14-30(39)31(40)19-29)23-33(47)32(18-26-10-7-6-8-11-26)43-35(48)34(38(3,4)5)46-17-16-44(37(46)49)22-28-24-52-36(42-28)27-12-9-15-41-20-27/h6-15,19-20,24-25,32-34,47H,16-18,21-23,40H2,1-5H3,(H,43,48)/t32-,33+,34+/m0/s1. The van der Waals surface area contributed by atoms with Crippen LogP contribution in [-0.4, -0.2) is 93.9 Å². The lowest BCUT2D eigenvalue weighted by molar-refractivity contribution is -0.130. The van der Waals surface area contributed by atoms with Gasteiger partial charge in [0.05, 0.1) is 40.0 Å². The van der Waals surface area contributed by atoms with Crippen LogP contribution in [0.2, 0.25) is 5.02 Å². The van der Waals surface area contributed by atoms with Crippen LogP contribution in [0.4, 0.5) is 10.5 Å². The van der Waals surface area contributed by atoms with E-state index in [0.717, 1.165) is 21.8 Å². The maximum atomic E-state index is 14.4. The number of aliphatic hydroxyl groups excluding tert-OH is 1. The van der Waals surface area contributed by atoms with Gasteiger partial charge in [-0.05, 0) is 53.6 Å². The molecule has 3 heterocycles. The summed E-state index contributed by atoms with van der Waals surface area (Å²) in [6.45, 7) is 10.3. The molecule has 284 valence electrons. The van der Waals surface area contributed by atoms with E-state index in [4.69, 9.17) is 22.3 Å². The topological polar surface area (TPSA) is 162 Å². The molecule has 5 rings (SSSR count). The Morgan fingerprint density at radius 1 is 1.09 bits per heavy atom. The second kappa shape index (κ2) is 16.9. The van der Waals surface area contributed by atoms with Gasteiger partial charge < -0.3 is 26.0 Å². The van der Waals surface area contributed by atoms with Crippen LogP contribution < -0.4 is 11.1 Å². The number of hydrogen-bond donors (Lipinski definition) is 3. The number of benzene rings is 2. The fourth-order valence-electron chi connectivity index (χ4n) is 6.45. The Balaban J connectivity index is 1.37. The van der Waals surface area contributed by atoms with Crippen molar-refractivity contribution in [1.82, 2.24) is 29.4 Å². The van der Waals surface area contributed by atoms with E-state index < -0.39 is 39.5 Å². The van der Waals surface area contributed by atoms with Gasteiger partial charge in [0.1, 0.15) is 11.0 Å². The molecule has 4 aromatic rings. The minimum atomic E-state index is -4.12. The Morgan fingerprint density at radius 2 is 1.83 bits per heavy atom. The molecule has 4 N–H and O–H groups in total. The SMILES string of the molecule is CC(C)CN(C[C@@H](O)[C@H](Cc1ccccc1)NC(=O)[C@@H](N1CCN(Cc2csc(-c3cccnc3)n2)C1=O)C(C)(C)C)S(=O)(=O)c1ccc(Cl)c(N)c1. The van der Waals surface area contributed by atoms with Crippen LogP contribution in [-0.2, 0) is 27.8 Å². The van der Waals surface area contributed by atoms with Crippen molar-refractivity contribution < 1.29 is 23.1 Å². The smallest absolute Gasteiger partial charge is 0.321 e. The summed E-state index contributed by atoms with van der Waals surface area (Å²) in [6, 6.07) is 15.2. The minimum absolute atomic E-state index is 0.0493. The molecule has 0 spiro atoms. The van der Waals surface area contributed by atoms with Gasteiger partial charge >= 0.3 is 6.03 Å². The van der Waals surface area contributed by atoms with Gasteiger partial charge in [-0.3, -0.25) is 9.78 Å². The highest BCUT2D eigenvalue weighted by molar-refractivity contribution is 7.89. The molecule has 1 fully saturated rings. The van der Waals surface area contributed by atoms with Crippen molar-refractivity contribution in [3.63, 3.8) is 0 Å². The molecule has 0 unspecified atom stereocenters. The maximum Gasteiger partial charge on any atom is 0.321 e. The van der Waals surface area contributed by atoms with Crippen molar-refractivity contribution in [2.24, 2.45) is 11.3 Å². The molecule has 3 atom stereocenters. The summed E-state index contributed by atoms with van der Waals surface area (Å²) in [7, 11) is -4.12. The first kappa shape index (κ1) is 40.1. The van der Waals surface area contributed by atoms with Gasteiger partial charge in [-0.15, -0.1) is 11.3 Å². The fraction of sp³-hybridized carbons (Fsp3) is 0.421. The quantitative estimate of drug-likeness (QED) is 0.133. The summed E-state index contributed by atoms with van der Waals surface area (Å²) in [5, 5.41) is 17.8. The van der Waals surface area contributed by atoms with Crippen molar-refractivity contribution in [2.75, 3.05) is 31.9 Å². The predicted molar refractivity (Wildman–Crippen MR) is 209 cm³/mol. The number of aromatic nitrogens is 2. The lowest BCUT2D eigenvalue weighted by Gasteiger charge is -2.38. The normalized spacial score (nSPS) is 15.6. The Morgan fingerprint density at radius 3 is 2.47 bits per heavy atom. The molecular weight excluding hydrogens is 734 g/mol. The molecule has 1 aliphatic heterocycles. The molecule has 15 heteroatoms. The molecule has 0 aliphatic carbocycles. The number of carbonyl (C=O) groups is 2. The molecule has 1 aliphatic rings. The number of nitrogens with two attached hydrogens (primary N) is 1. The Labute approximate surface area is 321 Å². The lowest BCUT2D eigenvalue weighted by atomic mass is 9.84. The number of sulfonamides is 1. The van der Waals surface area contributed by atoms with Crippen molar-refractivity contribution in [3.05, 3.63) is 94.7 Å². The number of halogens is 1. The maximum absolute atomic E-state index is 14.4. The molecule has 53 heavy (non-hydrogen) atoms. The highest BCUT2D eigenvalue weighted by atomic mass is 35.5. The third-order valence-corrected chi connectivity index (χ3v) is 12.1. The number of nitrogens with zero attached hydrogens (tertiary/aromatic N) is 5. The average molecular weight is 782 g/mol. The van der Waals surface area contributed by atoms with Crippen LogP contribution >= 0.6 is 22.9 Å². The Bertz CT molecular complexity index is 1970. The minimum Gasteiger partial charge on any atom is -0.397 e. The summed E-state index contributed by atoms with van der Waals surface area (Å²) in [4.78, 5) is 40.4. The number of urea groups is 1. The number of thiazole rings is 1. The lowest BCUT2D eigenvalue weighted by Crippen LogP contribution is -2.59. The summed E-state index contributed by atoms with van der Waals surface area (Å²) < 4.78 is 29.1. The molecule has 0 bridgehead atoms. The van der Waals surface area contributed by atoms with Crippen LogP contribution in [0.15, 0.2) is 83.3 Å². The molecule has 2 aromatic carbocycles. The van der Waals surface area contributed by atoms with Crippen molar-refractivity contribution in [3.8, 4) is 10.6 Å². The van der Waals surface area contributed by atoms with Crippen molar-refractivity contribution in [2.45, 2.75) is 70.7 Å². The zero-order valence-electron chi connectivity index (χ0n) is 30.6. The number of anilines is 1. The second-order valence-electron chi connectivity index (χ2n) is 14.8. The molecule has 2 aromatic heterocycles. The first-order chi connectivity index (χ1) is 25.0. The third kappa shape index (κ3) is 9.92. The Hall–Kier alpha value is -4.08. The van der Waals surface area contributed by atoms with Gasteiger partial charge in [-0.25, -0.2) is 18.2 Å². The fourth-order valence-corrected chi connectivity index (χ4v) is 9.02. The van der Waals surface area contributed by atoms with Crippen LogP contribution in [0.25, 0.3) is 10.6 Å². The first-order valence-corrected chi connectivity index (χ1v) is 20.2. The summed E-state index contributed by atoms with van der Waals surface area (Å²) in [5.74, 6) is -0.520. The number of amides is 3. The van der Waals surface area contributed by atoms with Crippen LogP contribution in [0.5, 0.6) is 0 Å². The van der Waals surface area contributed by atoms with Gasteiger partial charge in [0.2, 0.25) is 15.9 Å². The van der Waals surface area contributed by atoms with E-state index in [-0.39, 0.29) is 47.1 Å². The van der Waals surface area contributed by atoms with Crippen LogP contribution in [0.1, 0.15) is 45.9 Å². The van der Waals surface area contributed by atoms with E-state index in [2.05, 4.69) is 10.3 Å². The van der Waals surface area contributed by atoms with Crippen molar-refractivity contribution in [1.29, 1.82) is 0 Å². The second-order valence-corrected chi connectivity index (χ2v) is 18.0. The van der Waals surface area contributed by atoms with Crippen LogP contribution in [0.3, 0.4) is 0 Å². The van der Waals surface area contributed by atoms with E-state index in [9.17, 15) is 23.1 Å². The number of rotatable bonds is 15. The molecular formula is C38H48ClN7O5S2. The third-order valence-electron chi connectivity index (χ3n) is 8.98.